The number of nitrogens with two attached hydrogens (primary N) is 1. The van der Waals surface area contributed by atoms with Crippen LogP contribution in [0.5, 0.6) is 0 Å². The summed E-state index contributed by atoms with van der Waals surface area (Å²) in [5.74, 6) is 0.429. The van der Waals surface area contributed by atoms with Crippen LogP contribution >= 0.6 is 0 Å². The van der Waals surface area contributed by atoms with Crippen LogP contribution in [0.15, 0.2) is 18.2 Å². The predicted octanol–water partition coefficient (Wildman–Crippen LogP) is 4.05. The van der Waals surface area contributed by atoms with Crippen LogP contribution in [-0.2, 0) is 0 Å². The van der Waals surface area contributed by atoms with Crippen molar-refractivity contribution < 1.29 is 8.78 Å². The van der Waals surface area contributed by atoms with E-state index in [1.54, 1.807) is 12.1 Å². The van der Waals surface area contributed by atoms with E-state index in [-0.39, 0.29) is 11.6 Å². The number of alkyl halides is 2. The Morgan fingerprint density at radius 1 is 1.29 bits per heavy atom. The van der Waals surface area contributed by atoms with E-state index in [4.69, 9.17) is 5.73 Å². The molecule has 3 N–H and O–H groups in total. The fourth-order valence-corrected chi connectivity index (χ4v) is 1.63. The molecule has 2 unspecified atom stereocenters. The lowest BCUT2D eigenvalue weighted by molar-refractivity contribution is 0.152. The highest BCUT2D eigenvalue weighted by Crippen LogP contribution is 2.30. The lowest BCUT2D eigenvalue weighted by Gasteiger charge is -2.23. The van der Waals surface area contributed by atoms with Crippen LogP contribution < -0.4 is 11.1 Å². The first-order valence-electron chi connectivity index (χ1n) is 5.89. The van der Waals surface area contributed by atoms with E-state index >= 15 is 0 Å². The Kier molecular flexibility index (Phi) is 4.73. The lowest BCUT2D eigenvalue weighted by Crippen LogP contribution is -2.23. The second-order valence-electron chi connectivity index (χ2n) is 4.47. The minimum atomic E-state index is -2.51. The molecule has 4 heteroatoms. The average Bonchev–Trinajstić information content (AvgIpc) is 2.29. The molecule has 0 saturated carbocycles. The van der Waals surface area contributed by atoms with Crippen LogP contribution in [0.1, 0.15) is 39.2 Å². The topological polar surface area (TPSA) is 38.0 Å². The van der Waals surface area contributed by atoms with E-state index in [2.05, 4.69) is 19.2 Å². The van der Waals surface area contributed by atoms with Crippen molar-refractivity contribution in [1.29, 1.82) is 0 Å². The quantitative estimate of drug-likeness (QED) is 0.764. The Bertz CT molecular complexity index is 366. The third kappa shape index (κ3) is 3.58. The molecule has 0 spiro atoms. The molecule has 96 valence electrons. The number of benzene rings is 1. The Labute approximate surface area is 101 Å². The van der Waals surface area contributed by atoms with E-state index in [0.717, 1.165) is 6.42 Å². The second-order valence-corrected chi connectivity index (χ2v) is 4.47. The molecular formula is C13H20F2N2. The highest BCUT2D eigenvalue weighted by Gasteiger charge is 2.16. The zero-order chi connectivity index (χ0) is 13.0. The molecule has 0 bridgehead atoms. The van der Waals surface area contributed by atoms with Gasteiger partial charge in [0.1, 0.15) is 0 Å². The molecule has 1 aromatic carbocycles. The van der Waals surface area contributed by atoms with Crippen molar-refractivity contribution >= 4 is 11.4 Å². The molecule has 0 aromatic heterocycles. The summed E-state index contributed by atoms with van der Waals surface area (Å²) in [6.45, 7) is 6.18. The largest absolute Gasteiger partial charge is 0.399 e. The summed E-state index contributed by atoms with van der Waals surface area (Å²) in [7, 11) is 0. The minimum Gasteiger partial charge on any atom is -0.399 e. The van der Waals surface area contributed by atoms with Gasteiger partial charge in [-0.25, -0.2) is 8.78 Å². The third-order valence-electron chi connectivity index (χ3n) is 3.19. The molecule has 0 heterocycles. The van der Waals surface area contributed by atoms with E-state index in [1.807, 2.05) is 6.92 Å². The van der Waals surface area contributed by atoms with Crippen LogP contribution in [0.25, 0.3) is 0 Å². The van der Waals surface area contributed by atoms with Gasteiger partial charge in [-0.05, 0) is 31.0 Å². The Balaban J connectivity index is 2.90. The molecule has 0 aliphatic heterocycles. The molecule has 0 fully saturated rings. The second kappa shape index (κ2) is 5.84. The van der Waals surface area contributed by atoms with Gasteiger partial charge in [0.05, 0.1) is 0 Å². The molecule has 1 rings (SSSR count). The van der Waals surface area contributed by atoms with Gasteiger partial charge in [-0.1, -0.05) is 20.3 Å². The van der Waals surface area contributed by atoms with Gasteiger partial charge in [0, 0.05) is 23.0 Å². The fraction of sp³-hybridized carbons (Fsp3) is 0.538. The predicted molar refractivity (Wildman–Crippen MR) is 68.4 cm³/mol. The van der Waals surface area contributed by atoms with Gasteiger partial charge in [-0.15, -0.1) is 0 Å². The van der Waals surface area contributed by atoms with E-state index in [0.29, 0.717) is 17.3 Å². The Morgan fingerprint density at radius 2 is 1.94 bits per heavy atom. The zero-order valence-electron chi connectivity index (χ0n) is 10.5. The Hall–Kier alpha value is -1.32. The van der Waals surface area contributed by atoms with E-state index in [1.165, 1.54) is 6.07 Å². The van der Waals surface area contributed by atoms with Crippen LogP contribution in [0, 0.1) is 5.92 Å². The van der Waals surface area contributed by atoms with E-state index in [9.17, 15) is 8.78 Å². The molecule has 0 amide bonds. The summed E-state index contributed by atoms with van der Waals surface area (Å²) >= 11 is 0. The number of rotatable bonds is 5. The average molecular weight is 242 g/mol. The van der Waals surface area contributed by atoms with Crippen molar-refractivity contribution in [3.63, 3.8) is 0 Å². The molecule has 2 nitrogen and oxygen atoms in total. The van der Waals surface area contributed by atoms with Crippen molar-refractivity contribution in [3.8, 4) is 0 Å². The summed E-state index contributed by atoms with van der Waals surface area (Å²) in [5.41, 5.74) is 6.33. The summed E-state index contributed by atoms with van der Waals surface area (Å²) < 4.78 is 25.7. The SMILES string of the molecule is CCC(C)C(C)Nc1ccc(N)cc1C(F)F. The summed E-state index contributed by atoms with van der Waals surface area (Å²) in [5, 5.41) is 3.13. The van der Waals surface area contributed by atoms with Crippen LogP contribution in [0.4, 0.5) is 20.2 Å². The zero-order valence-corrected chi connectivity index (χ0v) is 10.5. The molecule has 0 saturated heterocycles. The van der Waals surface area contributed by atoms with Crippen molar-refractivity contribution in [3.05, 3.63) is 23.8 Å². The van der Waals surface area contributed by atoms with Gasteiger partial charge in [-0.3, -0.25) is 0 Å². The number of halogens is 2. The fourth-order valence-electron chi connectivity index (χ4n) is 1.63. The lowest BCUT2D eigenvalue weighted by atomic mass is 10.00. The minimum absolute atomic E-state index is 0.0276. The molecule has 1 aromatic rings. The highest BCUT2D eigenvalue weighted by atomic mass is 19.3. The molecule has 0 aliphatic rings. The maximum Gasteiger partial charge on any atom is 0.265 e. The number of anilines is 2. The van der Waals surface area contributed by atoms with Crippen LogP contribution in [0.2, 0.25) is 0 Å². The van der Waals surface area contributed by atoms with Crippen molar-refractivity contribution in [1.82, 2.24) is 0 Å². The summed E-state index contributed by atoms with van der Waals surface area (Å²) in [6, 6.07) is 4.74. The van der Waals surface area contributed by atoms with Gasteiger partial charge in [0.2, 0.25) is 0 Å². The maximum absolute atomic E-state index is 12.8. The normalized spacial score (nSPS) is 14.7. The summed E-state index contributed by atoms with van der Waals surface area (Å²) in [4.78, 5) is 0. The number of hydrogen-bond donors (Lipinski definition) is 2. The molecular weight excluding hydrogens is 222 g/mol. The van der Waals surface area contributed by atoms with Gasteiger partial charge in [-0.2, -0.15) is 0 Å². The van der Waals surface area contributed by atoms with Gasteiger partial charge < -0.3 is 11.1 Å². The van der Waals surface area contributed by atoms with Crippen molar-refractivity contribution in [2.75, 3.05) is 11.1 Å². The first-order chi connectivity index (χ1) is 7.95. The Morgan fingerprint density at radius 3 is 2.47 bits per heavy atom. The van der Waals surface area contributed by atoms with Gasteiger partial charge >= 0.3 is 0 Å². The molecule has 0 aliphatic carbocycles. The third-order valence-corrected chi connectivity index (χ3v) is 3.19. The maximum atomic E-state index is 12.8. The van der Waals surface area contributed by atoms with Gasteiger partial charge in [0.15, 0.2) is 0 Å². The molecule has 0 radical (unpaired) electrons. The smallest absolute Gasteiger partial charge is 0.265 e. The number of nitrogens with one attached hydrogen (secondary N) is 1. The van der Waals surface area contributed by atoms with Crippen LogP contribution in [-0.4, -0.2) is 6.04 Å². The highest BCUT2D eigenvalue weighted by molar-refractivity contribution is 5.59. The van der Waals surface area contributed by atoms with Crippen molar-refractivity contribution in [2.24, 2.45) is 5.92 Å². The standard InChI is InChI=1S/C13H20F2N2/c1-4-8(2)9(3)17-12-6-5-10(16)7-11(12)13(14)15/h5-9,13,17H,4,16H2,1-3H3. The number of nitrogen functional groups attached to an aromatic ring is 1. The molecule has 17 heavy (non-hydrogen) atoms. The van der Waals surface area contributed by atoms with E-state index < -0.39 is 6.43 Å². The monoisotopic (exact) mass is 242 g/mol. The van der Waals surface area contributed by atoms with Crippen LogP contribution in [0.3, 0.4) is 0 Å². The van der Waals surface area contributed by atoms with Gasteiger partial charge in [0.25, 0.3) is 6.43 Å². The summed E-state index contributed by atoms with van der Waals surface area (Å²) in [6.07, 6.45) is -1.50. The van der Waals surface area contributed by atoms with Crippen molar-refractivity contribution in [2.45, 2.75) is 39.7 Å². The first-order valence-corrected chi connectivity index (χ1v) is 5.89. The number of hydrogen-bond acceptors (Lipinski definition) is 2. The first kappa shape index (κ1) is 13.7. The molecule has 2 atom stereocenters.